The quantitative estimate of drug-likeness (QED) is 0.761. The maximum absolute atomic E-state index is 11.9. The Kier molecular flexibility index (Phi) is 6.82. The van der Waals surface area contributed by atoms with Crippen LogP contribution < -0.4 is 10.1 Å². The van der Waals surface area contributed by atoms with Gasteiger partial charge in [-0.15, -0.1) is 0 Å². The van der Waals surface area contributed by atoms with Gasteiger partial charge in [0.15, 0.2) is 6.61 Å². The van der Waals surface area contributed by atoms with Crippen LogP contribution in [0.25, 0.3) is 0 Å². The highest BCUT2D eigenvalue weighted by Crippen LogP contribution is 2.31. The fourth-order valence-corrected chi connectivity index (χ4v) is 4.10. The van der Waals surface area contributed by atoms with E-state index in [1.807, 2.05) is 30.0 Å². The molecular weight excluding hydrogens is 306 g/mol. The minimum absolute atomic E-state index is 0.00495. The maximum atomic E-state index is 11.9. The zero-order chi connectivity index (χ0) is 16.7. The summed E-state index contributed by atoms with van der Waals surface area (Å²) in [4.78, 5) is 11.9. The number of nitrogens with one attached hydrogen (secondary N) is 1. The van der Waals surface area contributed by atoms with E-state index in [-0.39, 0.29) is 17.9 Å². The molecule has 0 saturated heterocycles. The number of carbonyl (C=O) groups excluding carboxylic acids is 1. The van der Waals surface area contributed by atoms with Gasteiger partial charge < -0.3 is 10.1 Å². The number of thioether (sulfide) groups is 1. The lowest BCUT2D eigenvalue weighted by atomic mass is 9.86. The van der Waals surface area contributed by atoms with Crippen molar-refractivity contribution in [1.29, 1.82) is 0 Å². The van der Waals surface area contributed by atoms with Crippen molar-refractivity contribution in [2.75, 3.05) is 18.9 Å². The third-order valence-corrected chi connectivity index (χ3v) is 5.52. The van der Waals surface area contributed by atoms with E-state index in [0.717, 1.165) is 28.9 Å². The van der Waals surface area contributed by atoms with E-state index < -0.39 is 0 Å². The molecule has 23 heavy (non-hydrogen) atoms. The van der Waals surface area contributed by atoms with Gasteiger partial charge in [-0.1, -0.05) is 51.8 Å². The van der Waals surface area contributed by atoms with Gasteiger partial charge in [0.1, 0.15) is 5.75 Å². The van der Waals surface area contributed by atoms with Gasteiger partial charge in [-0.3, -0.25) is 4.79 Å². The first-order valence-corrected chi connectivity index (χ1v) is 9.62. The molecular formula is C19H29NO2S. The van der Waals surface area contributed by atoms with Gasteiger partial charge in [-0.25, -0.2) is 0 Å². The van der Waals surface area contributed by atoms with Gasteiger partial charge in [-0.2, -0.15) is 11.8 Å². The number of carbonyl (C=O) groups is 1. The standard InChI is InChI=1S/C19H29NO2S/c1-19(2,3)16-10-6-7-11-17(16)22-14-18(21)20-12-13-23-15-8-4-5-9-15/h6-7,10-11,15H,4-5,8-9,12-14H2,1-3H3,(H,20,21). The van der Waals surface area contributed by atoms with Crippen molar-refractivity contribution >= 4 is 17.7 Å². The van der Waals surface area contributed by atoms with Gasteiger partial charge in [0.05, 0.1) is 0 Å². The molecule has 0 unspecified atom stereocenters. The summed E-state index contributed by atoms with van der Waals surface area (Å²) in [6.07, 6.45) is 5.41. The second kappa shape index (κ2) is 8.62. The molecule has 4 heteroatoms. The van der Waals surface area contributed by atoms with Crippen LogP contribution in [0, 0.1) is 0 Å². The zero-order valence-electron chi connectivity index (χ0n) is 14.6. The van der Waals surface area contributed by atoms with Crippen LogP contribution >= 0.6 is 11.8 Å². The lowest BCUT2D eigenvalue weighted by Gasteiger charge is -2.22. The lowest BCUT2D eigenvalue weighted by Crippen LogP contribution is -2.31. The molecule has 1 fully saturated rings. The van der Waals surface area contributed by atoms with E-state index in [2.05, 4.69) is 32.2 Å². The number of amides is 1. The van der Waals surface area contributed by atoms with Gasteiger partial charge in [-0.05, 0) is 29.9 Å². The summed E-state index contributed by atoms with van der Waals surface area (Å²) >= 11 is 1.99. The van der Waals surface area contributed by atoms with Gasteiger partial charge >= 0.3 is 0 Å². The molecule has 1 aromatic carbocycles. The Labute approximate surface area is 144 Å². The van der Waals surface area contributed by atoms with E-state index in [4.69, 9.17) is 4.74 Å². The van der Waals surface area contributed by atoms with E-state index in [9.17, 15) is 4.79 Å². The summed E-state index contributed by atoms with van der Waals surface area (Å²) < 4.78 is 5.74. The molecule has 128 valence electrons. The average molecular weight is 336 g/mol. The Morgan fingerprint density at radius 2 is 1.96 bits per heavy atom. The molecule has 1 amide bonds. The predicted octanol–water partition coefficient (Wildman–Crippen LogP) is 4.15. The molecule has 1 aliphatic rings. The molecule has 0 bridgehead atoms. The molecule has 0 heterocycles. The topological polar surface area (TPSA) is 38.3 Å². The summed E-state index contributed by atoms with van der Waals surface area (Å²) in [5, 5.41) is 3.76. The molecule has 1 aliphatic carbocycles. The first-order valence-electron chi connectivity index (χ1n) is 8.57. The Morgan fingerprint density at radius 3 is 2.65 bits per heavy atom. The number of hydrogen-bond donors (Lipinski definition) is 1. The van der Waals surface area contributed by atoms with Gasteiger partial charge in [0, 0.05) is 17.5 Å². The summed E-state index contributed by atoms with van der Waals surface area (Å²) in [7, 11) is 0. The van der Waals surface area contributed by atoms with Gasteiger partial charge in [0.2, 0.25) is 0 Å². The molecule has 0 aliphatic heterocycles. The smallest absolute Gasteiger partial charge is 0.257 e. The highest BCUT2D eigenvalue weighted by molar-refractivity contribution is 7.99. The fraction of sp³-hybridized carbons (Fsp3) is 0.632. The van der Waals surface area contributed by atoms with Crippen molar-refractivity contribution in [3.8, 4) is 5.75 Å². The minimum atomic E-state index is -0.0410. The molecule has 0 atom stereocenters. The maximum Gasteiger partial charge on any atom is 0.257 e. The largest absolute Gasteiger partial charge is 0.483 e. The first kappa shape index (κ1) is 18.2. The SMILES string of the molecule is CC(C)(C)c1ccccc1OCC(=O)NCCSC1CCCC1. The molecule has 1 saturated carbocycles. The molecule has 0 radical (unpaired) electrons. The van der Waals surface area contributed by atoms with Crippen LogP contribution in [0.15, 0.2) is 24.3 Å². The van der Waals surface area contributed by atoms with Crippen molar-refractivity contribution in [2.24, 2.45) is 0 Å². The lowest BCUT2D eigenvalue weighted by molar-refractivity contribution is -0.122. The summed E-state index contributed by atoms with van der Waals surface area (Å²) in [6.45, 7) is 7.26. The predicted molar refractivity (Wildman–Crippen MR) is 98.4 cm³/mol. The number of para-hydroxylation sites is 1. The molecule has 3 nitrogen and oxygen atoms in total. The van der Waals surface area contributed by atoms with Crippen LogP contribution in [-0.2, 0) is 10.2 Å². The average Bonchev–Trinajstić information content (AvgIpc) is 3.02. The van der Waals surface area contributed by atoms with Crippen LogP contribution in [0.3, 0.4) is 0 Å². The van der Waals surface area contributed by atoms with Crippen LogP contribution in [-0.4, -0.2) is 30.1 Å². The molecule has 1 aromatic rings. The zero-order valence-corrected chi connectivity index (χ0v) is 15.4. The Morgan fingerprint density at radius 1 is 1.26 bits per heavy atom. The monoisotopic (exact) mass is 335 g/mol. The third kappa shape index (κ3) is 6.09. The minimum Gasteiger partial charge on any atom is -0.483 e. The number of hydrogen-bond acceptors (Lipinski definition) is 3. The van der Waals surface area contributed by atoms with E-state index in [1.165, 1.54) is 25.7 Å². The van der Waals surface area contributed by atoms with Crippen molar-refractivity contribution in [1.82, 2.24) is 5.32 Å². The van der Waals surface area contributed by atoms with E-state index in [0.29, 0.717) is 0 Å². The second-order valence-electron chi connectivity index (χ2n) is 7.16. The van der Waals surface area contributed by atoms with E-state index in [1.54, 1.807) is 0 Å². The van der Waals surface area contributed by atoms with Crippen LogP contribution in [0.1, 0.15) is 52.0 Å². The van der Waals surface area contributed by atoms with Gasteiger partial charge in [0.25, 0.3) is 5.91 Å². The number of ether oxygens (including phenoxy) is 1. The van der Waals surface area contributed by atoms with E-state index >= 15 is 0 Å². The Balaban J connectivity index is 1.70. The highest BCUT2D eigenvalue weighted by Gasteiger charge is 2.19. The summed E-state index contributed by atoms with van der Waals surface area (Å²) in [5.41, 5.74) is 1.13. The van der Waals surface area contributed by atoms with Crippen LogP contribution in [0.4, 0.5) is 0 Å². The van der Waals surface area contributed by atoms with Crippen LogP contribution in [0.2, 0.25) is 0 Å². The first-order chi connectivity index (χ1) is 11.0. The fourth-order valence-electron chi connectivity index (χ4n) is 2.88. The number of rotatable bonds is 7. The normalized spacial score (nSPS) is 15.6. The van der Waals surface area contributed by atoms with Crippen LogP contribution in [0.5, 0.6) is 5.75 Å². The Hall–Kier alpha value is -1.16. The Bertz CT molecular complexity index is 504. The molecule has 2 rings (SSSR count). The van der Waals surface area contributed by atoms with Crippen molar-refractivity contribution in [3.05, 3.63) is 29.8 Å². The highest BCUT2D eigenvalue weighted by atomic mass is 32.2. The summed E-state index contributed by atoms with van der Waals surface area (Å²) in [6, 6.07) is 7.95. The van der Waals surface area contributed by atoms with Crippen molar-refractivity contribution in [3.63, 3.8) is 0 Å². The second-order valence-corrected chi connectivity index (χ2v) is 8.57. The third-order valence-electron chi connectivity index (χ3n) is 4.13. The summed E-state index contributed by atoms with van der Waals surface area (Å²) in [5.74, 6) is 1.76. The van der Waals surface area contributed by atoms with Crippen molar-refractivity contribution < 1.29 is 9.53 Å². The molecule has 0 spiro atoms. The molecule has 0 aromatic heterocycles. The number of benzene rings is 1. The molecule has 1 N–H and O–H groups in total. The van der Waals surface area contributed by atoms with Crippen molar-refractivity contribution in [2.45, 2.75) is 57.1 Å².